The zero-order valence-corrected chi connectivity index (χ0v) is 18.3. The van der Waals surface area contributed by atoms with Crippen LogP contribution in [0.2, 0.25) is 0 Å². The Bertz CT molecular complexity index is 1100. The van der Waals surface area contributed by atoms with Crippen molar-refractivity contribution < 1.29 is 14.4 Å². The van der Waals surface area contributed by atoms with Gasteiger partial charge in [0, 0.05) is 16.8 Å². The molecule has 4 atom stereocenters. The standard InChI is InChI=1S/C24H24N2O3S/c1-13-12-16-18-19(23(29)26(22(18)28)24(2,3)4)20(21(27)17-10-7-11-30-17)25(16)15-9-6-5-8-14(13)15/h5-12,16,18-20H,1-4H3/t16-,18+,19+,20+/m1/s1. The number of fused-ring (bicyclic) bond motifs is 5. The third-order valence-electron chi connectivity index (χ3n) is 6.46. The second-order valence-corrected chi connectivity index (χ2v) is 10.2. The van der Waals surface area contributed by atoms with E-state index in [1.807, 2.05) is 68.3 Å². The fourth-order valence-corrected chi connectivity index (χ4v) is 6.02. The van der Waals surface area contributed by atoms with Gasteiger partial charge in [0.15, 0.2) is 5.78 Å². The van der Waals surface area contributed by atoms with Crippen molar-refractivity contribution in [3.63, 3.8) is 0 Å². The Balaban J connectivity index is 1.71. The first-order chi connectivity index (χ1) is 14.2. The molecule has 3 aliphatic rings. The third kappa shape index (κ3) is 2.49. The van der Waals surface area contributed by atoms with Crippen molar-refractivity contribution in [3.8, 4) is 0 Å². The number of allylic oxidation sites excluding steroid dienone is 1. The minimum absolute atomic E-state index is 0.0813. The summed E-state index contributed by atoms with van der Waals surface area (Å²) in [5, 5.41) is 1.87. The molecule has 30 heavy (non-hydrogen) atoms. The molecule has 2 amide bonds. The van der Waals surface area contributed by atoms with Crippen LogP contribution in [0.25, 0.3) is 5.57 Å². The predicted octanol–water partition coefficient (Wildman–Crippen LogP) is 4.00. The average molecular weight is 421 g/mol. The van der Waals surface area contributed by atoms with E-state index < -0.39 is 23.4 Å². The molecule has 0 bridgehead atoms. The lowest BCUT2D eigenvalue weighted by Crippen LogP contribution is -2.52. The Morgan fingerprint density at radius 3 is 2.37 bits per heavy atom. The van der Waals surface area contributed by atoms with Gasteiger partial charge in [-0.2, -0.15) is 0 Å². The molecule has 154 valence electrons. The minimum atomic E-state index is -0.687. The van der Waals surface area contributed by atoms with Crippen LogP contribution in [0.1, 0.15) is 42.9 Å². The smallest absolute Gasteiger partial charge is 0.236 e. The van der Waals surface area contributed by atoms with Crippen LogP contribution in [-0.2, 0) is 9.59 Å². The number of amides is 2. The lowest BCUT2D eigenvalue weighted by atomic mass is 9.86. The average Bonchev–Trinajstić information content (AvgIpc) is 3.38. The van der Waals surface area contributed by atoms with Crippen LogP contribution in [-0.4, -0.2) is 40.1 Å². The van der Waals surface area contributed by atoms with Crippen molar-refractivity contribution in [1.29, 1.82) is 0 Å². The van der Waals surface area contributed by atoms with E-state index in [4.69, 9.17) is 0 Å². The second-order valence-electron chi connectivity index (χ2n) is 9.29. The molecule has 0 unspecified atom stereocenters. The van der Waals surface area contributed by atoms with Crippen LogP contribution in [0, 0.1) is 11.8 Å². The van der Waals surface area contributed by atoms with Gasteiger partial charge in [-0.05, 0) is 50.8 Å². The first-order valence-corrected chi connectivity index (χ1v) is 11.1. The first kappa shape index (κ1) is 19.2. The zero-order chi connectivity index (χ0) is 21.4. The second kappa shape index (κ2) is 6.38. The van der Waals surface area contributed by atoms with Crippen molar-refractivity contribution in [2.24, 2.45) is 11.8 Å². The van der Waals surface area contributed by atoms with Crippen LogP contribution >= 0.6 is 11.3 Å². The highest BCUT2D eigenvalue weighted by molar-refractivity contribution is 7.12. The Morgan fingerprint density at radius 1 is 1.00 bits per heavy atom. The SMILES string of the molecule is CC1=C[C@@H]2[C@@H]3C(=O)N(C(C)(C)C)C(=O)[C@@H]3[C@@H](C(=O)c3cccs3)N2c2ccccc21. The van der Waals surface area contributed by atoms with E-state index in [0.29, 0.717) is 4.88 Å². The number of benzene rings is 1. The van der Waals surface area contributed by atoms with Gasteiger partial charge in [0.05, 0.1) is 22.8 Å². The van der Waals surface area contributed by atoms with E-state index in [1.54, 1.807) is 6.07 Å². The monoisotopic (exact) mass is 420 g/mol. The van der Waals surface area contributed by atoms with Gasteiger partial charge in [-0.25, -0.2) is 0 Å². The molecule has 0 N–H and O–H groups in total. The van der Waals surface area contributed by atoms with Gasteiger partial charge in [-0.3, -0.25) is 19.3 Å². The van der Waals surface area contributed by atoms with Crippen LogP contribution in [0.4, 0.5) is 5.69 Å². The van der Waals surface area contributed by atoms with Crippen molar-refractivity contribution in [2.75, 3.05) is 4.90 Å². The van der Waals surface area contributed by atoms with Gasteiger partial charge in [-0.15, -0.1) is 11.3 Å². The minimum Gasteiger partial charge on any atom is -0.352 e. The summed E-state index contributed by atoms with van der Waals surface area (Å²) < 4.78 is 0. The number of nitrogens with zero attached hydrogens (tertiary/aromatic N) is 2. The van der Waals surface area contributed by atoms with E-state index in [9.17, 15) is 14.4 Å². The van der Waals surface area contributed by atoms with Crippen LogP contribution < -0.4 is 4.90 Å². The number of likely N-dealkylation sites (tertiary alicyclic amines) is 1. The number of thiophene rings is 1. The number of hydrogen-bond acceptors (Lipinski definition) is 5. The summed E-state index contributed by atoms with van der Waals surface area (Å²) >= 11 is 1.38. The van der Waals surface area contributed by atoms with Gasteiger partial charge < -0.3 is 4.90 Å². The number of anilines is 1. The highest BCUT2D eigenvalue weighted by atomic mass is 32.1. The maximum absolute atomic E-state index is 13.7. The van der Waals surface area contributed by atoms with Crippen LogP contribution in [0.5, 0.6) is 0 Å². The fraction of sp³-hybridized carbons (Fsp3) is 0.375. The van der Waals surface area contributed by atoms with Gasteiger partial charge in [0.25, 0.3) is 0 Å². The topological polar surface area (TPSA) is 57.7 Å². The molecule has 0 saturated carbocycles. The van der Waals surface area contributed by atoms with Gasteiger partial charge in [-0.1, -0.05) is 30.3 Å². The number of carbonyl (C=O) groups excluding carboxylic acids is 3. The van der Waals surface area contributed by atoms with Crippen molar-refractivity contribution in [3.05, 3.63) is 58.3 Å². The van der Waals surface area contributed by atoms with Gasteiger partial charge in [0.1, 0.15) is 6.04 Å². The van der Waals surface area contributed by atoms with Crippen molar-refractivity contribution >= 4 is 40.2 Å². The highest BCUT2D eigenvalue weighted by Gasteiger charge is 2.65. The Labute approximate surface area is 180 Å². The lowest BCUT2D eigenvalue weighted by molar-refractivity contribution is -0.145. The molecule has 3 aliphatic heterocycles. The number of para-hydroxylation sites is 1. The summed E-state index contributed by atoms with van der Waals surface area (Å²) in [6.07, 6.45) is 2.07. The normalized spacial score (nSPS) is 27.7. The van der Waals surface area contributed by atoms with E-state index in [1.165, 1.54) is 16.2 Å². The molecule has 0 radical (unpaired) electrons. The van der Waals surface area contributed by atoms with Crippen LogP contribution in [0.3, 0.4) is 0 Å². The zero-order valence-electron chi connectivity index (χ0n) is 17.5. The van der Waals surface area contributed by atoms with Crippen molar-refractivity contribution in [2.45, 2.75) is 45.3 Å². The number of carbonyl (C=O) groups is 3. The summed E-state index contributed by atoms with van der Waals surface area (Å²) in [5.74, 6) is -1.70. The fourth-order valence-electron chi connectivity index (χ4n) is 5.32. The number of hydrogen-bond donors (Lipinski definition) is 0. The molecule has 0 aliphatic carbocycles. The molecule has 6 heteroatoms. The molecule has 2 fully saturated rings. The molecule has 1 aromatic heterocycles. The predicted molar refractivity (Wildman–Crippen MR) is 117 cm³/mol. The van der Waals surface area contributed by atoms with E-state index in [-0.39, 0.29) is 23.6 Å². The summed E-state index contributed by atoms with van der Waals surface area (Å²) in [5.41, 5.74) is 2.43. The molecular weight excluding hydrogens is 396 g/mol. The quantitative estimate of drug-likeness (QED) is 0.544. The molecule has 1 aromatic carbocycles. The molecule has 5 nitrogen and oxygen atoms in total. The summed E-state index contributed by atoms with van der Waals surface area (Å²) in [4.78, 5) is 44.8. The summed E-state index contributed by atoms with van der Waals surface area (Å²) in [6.45, 7) is 7.64. The summed E-state index contributed by atoms with van der Waals surface area (Å²) in [7, 11) is 0. The Kier molecular flexibility index (Phi) is 4.09. The Morgan fingerprint density at radius 2 is 1.70 bits per heavy atom. The maximum atomic E-state index is 13.7. The van der Waals surface area contributed by atoms with E-state index >= 15 is 0 Å². The molecule has 4 heterocycles. The largest absolute Gasteiger partial charge is 0.352 e. The van der Waals surface area contributed by atoms with Crippen LogP contribution in [0.15, 0.2) is 47.9 Å². The first-order valence-electron chi connectivity index (χ1n) is 10.2. The number of ketones is 1. The molecule has 2 saturated heterocycles. The molecule has 2 aromatic rings. The molecule has 5 rings (SSSR count). The molecule has 0 spiro atoms. The molecular formula is C24H24N2O3S. The third-order valence-corrected chi connectivity index (χ3v) is 7.34. The summed E-state index contributed by atoms with van der Waals surface area (Å²) in [6, 6.07) is 10.6. The highest BCUT2D eigenvalue weighted by Crippen LogP contribution is 2.51. The van der Waals surface area contributed by atoms with Gasteiger partial charge in [0.2, 0.25) is 11.8 Å². The van der Waals surface area contributed by atoms with Gasteiger partial charge >= 0.3 is 0 Å². The number of rotatable bonds is 2. The lowest BCUT2D eigenvalue weighted by Gasteiger charge is -2.39. The number of Topliss-reactive ketones (excluding diaryl/α,β-unsaturated/α-hetero) is 1. The van der Waals surface area contributed by atoms with E-state index in [2.05, 4.69) is 6.08 Å². The number of imide groups is 1. The maximum Gasteiger partial charge on any atom is 0.236 e. The Hall–Kier alpha value is -2.73. The van der Waals surface area contributed by atoms with E-state index in [0.717, 1.165) is 16.8 Å². The van der Waals surface area contributed by atoms with Crippen molar-refractivity contribution in [1.82, 2.24) is 4.90 Å².